The van der Waals surface area contributed by atoms with E-state index in [2.05, 4.69) is 50.8 Å². The second kappa shape index (κ2) is 14.4. The van der Waals surface area contributed by atoms with Crippen LogP contribution in [0, 0.1) is 0 Å². The first kappa shape index (κ1) is 21.8. The third kappa shape index (κ3) is 11.9. The van der Waals surface area contributed by atoms with Crippen LogP contribution < -0.4 is 0 Å². The summed E-state index contributed by atoms with van der Waals surface area (Å²) >= 11 is 0. The van der Waals surface area contributed by atoms with Gasteiger partial charge in [-0.3, -0.25) is 0 Å². The second-order valence-corrected chi connectivity index (χ2v) is 11.6. The van der Waals surface area contributed by atoms with E-state index in [1.165, 1.54) is 70.3 Å². The Morgan fingerprint density at radius 2 is 1.00 bits per heavy atom. The van der Waals surface area contributed by atoms with Crippen molar-refractivity contribution in [3.05, 3.63) is 0 Å². The molecule has 21 heavy (non-hydrogen) atoms. The van der Waals surface area contributed by atoms with Crippen LogP contribution in [0.25, 0.3) is 0 Å². The molecule has 2 unspecified atom stereocenters. The fourth-order valence-corrected chi connectivity index (χ4v) is 4.20. The summed E-state index contributed by atoms with van der Waals surface area (Å²) in [6.45, 7) is 21.8. The Kier molecular flexibility index (Phi) is 14.9. The van der Waals surface area contributed by atoms with E-state index in [-0.39, 0.29) is 15.8 Å². The maximum Gasteiger partial charge on any atom is 0.00205 e. The van der Waals surface area contributed by atoms with Crippen molar-refractivity contribution in [2.45, 2.75) is 34.1 Å². The summed E-state index contributed by atoms with van der Waals surface area (Å²) in [6.07, 6.45) is 6.95. The first-order chi connectivity index (χ1) is 10.1. The molecule has 0 aliphatic carbocycles. The molecule has 4 heteroatoms. The number of hydrogen-bond donors (Lipinski definition) is 0. The highest BCUT2D eigenvalue weighted by molar-refractivity contribution is 7.57. The SMILES string of the molecule is CCN(CCCN(CC)CCP(C)CC)CCP(C)CC. The number of hydrogen-bond acceptors (Lipinski definition) is 2. The van der Waals surface area contributed by atoms with E-state index in [1.807, 2.05) is 0 Å². The number of rotatable bonds is 14. The van der Waals surface area contributed by atoms with Gasteiger partial charge in [0.05, 0.1) is 0 Å². The highest BCUT2D eigenvalue weighted by Crippen LogP contribution is 2.29. The molecule has 0 fully saturated rings. The first-order valence-corrected chi connectivity index (χ1v) is 13.2. The van der Waals surface area contributed by atoms with Crippen molar-refractivity contribution >= 4 is 15.8 Å². The van der Waals surface area contributed by atoms with Crippen LogP contribution >= 0.6 is 15.8 Å². The van der Waals surface area contributed by atoms with E-state index >= 15 is 0 Å². The highest BCUT2D eigenvalue weighted by Gasteiger charge is 2.08. The van der Waals surface area contributed by atoms with Gasteiger partial charge in [-0.25, -0.2) is 0 Å². The van der Waals surface area contributed by atoms with Crippen LogP contribution in [0.5, 0.6) is 0 Å². The van der Waals surface area contributed by atoms with E-state index in [9.17, 15) is 0 Å². The van der Waals surface area contributed by atoms with Crippen LogP contribution in [-0.4, -0.2) is 87.0 Å². The van der Waals surface area contributed by atoms with Crippen LogP contribution in [0.1, 0.15) is 34.1 Å². The molecule has 0 saturated heterocycles. The topological polar surface area (TPSA) is 6.48 Å². The Bertz CT molecular complexity index is 205. The van der Waals surface area contributed by atoms with Crippen molar-refractivity contribution in [1.82, 2.24) is 9.80 Å². The summed E-state index contributed by atoms with van der Waals surface area (Å²) in [4.78, 5) is 5.31. The average Bonchev–Trinajstić information content (AvgIpc) is 2.52. The quantitative estimate of drug-likeness (QED) is 0.437. The van der Waals surface area contributed by atoms with E-state index in [4.69, 9.17) is 0 Å². The van der Waals surface area contributed by atoms with Crippen molar-refractivity contribution in [2.75, 3.05) is 77.2 Å². The Hall–Kier alpha value is 0.780. The van der Waals surface area contributed by atoms with E-state index in [0.29, 0.717) is 0 Å². The molecule has 0 aliphatic rings. The molecule has 0 amide bonds. The van der Waals surface area contributed by atoms with Crippen LogP contribution in [0.4, 0.5) is 0 Å². The lowest BCUT2D eigenvalue weighted by atomic mass is 10.3. The molecular weight excluding hydrogens is 294 g/mol. The average molecular weight is 334 g/mol. The maximum absolute atomic E-state index is 2.65. The molecule has 128 valence electrons. The Morgan fingerprint density at radius 3 is 1.29 bits per heavy atom. The molecule has 0 aromatic rings. The summed E-state index contributed by atoms with van der Waals surface area (Å²) in [7, 11) is 0.576. The number of nitrogens with zero attached hydrogens (tertiary/aromatic N) is 2. The molecule has 0 N–H and O–H groups in total. The Morgan fingerprint density at radius 1 is 0.619 bits per heavy atom. The molecule has 2 nitrogen and oxygen atoms in total. The summed E-state index contributed by atoms with van der Waals surface area (Å²) in [5, 5.41) is 0. The normalized spacial score (nSPS) is 14.9. The predicted octanol–water partition coefficient (Wildman–Crippen LogP) is 4.28. The van der Waals surface area contributed by atoms with Gasteiger partial charge >= 0.3 is 0 Å². The second-order valence-electron chi connectivity index (χ2n) is 6.01. The monoisotopic (exact) mass is 334 g/mol. The van der Waals surface area contributed by atoms with Crippen LogP contribution in [0.2, 0.25) is 0 Å². The molecule has 0 aromatic heterocycles. The van der Waals surface area contributed by atoms with Gasteiger partial charge in [0.1, 0.15) is 0 Å². The molecule has 0 spiro atoms. The van der Waals surface area contributed by atoms with Gasteiger partial charge in [-0.05, 0) is 70.6 Å². The minimum Gasteiger partial charge on any atom is -0.303 e. The van der Waals surface area contributed by atoms with E-state index in [0.717, 1.165) is 0 Å². The molecule has 0 aliphatic heterocycles. The van der Waals surface area contributed by atoms with E-state index < -0.39 is 0 Å². The molecule has 0 bridgehead atoms. The molecule has 2 atom stereocenters. The van der Waals surface area contributed by atoms with Crippen molar-refractivity contribution in [3.8, 4) is 0 Å². The third-order valence-electron chi connectivity index (χ3n) is 4.52. The molecule has 0 rings (SSSR count). The maximum atomic E-state index is 2.65. The summed E-state index contributed by atoms with van der Waals surface area (Å²) in [6, 6.07) is 0. The summed E-state index contributed by atoms with van der Waals surface area (Å²) in [5.74, 6) is 0. The highest BCUT2D eigenvalue weighted by atomic mass is 31.1. The van der Waals surface area contributed by atoms with Crippen LogP contribution in [0.15, 0.2) is 0 Å². The molecule has 0 radical (unpaired) electrons. The largest absolute Gasteiger partial charge is 0.303 e. The third-order valence-corrected chi connectivity index (χ3v) is 8.60. The van der Waals surface area contributed by atoms with E-state index in [1.54, 1.807) is 0 Å². The van der Waals surface area contributed by atoms with Crippen molar-refractivity contribution in [1.29, 1.82) is 0 Å². The lowest BCUT2D eigenvalue weighted by Gasteiger charge is -2.25. The molecule has 0 aromatic carbocycles. The van der Waals surface area contributed by atoms with Gasteiger partial charge < -0.3 is 9.80 Å². The zero-order valence-electron chi connectivity index (χ0n) is 15.6. The van der Waals surface area contributed by atoms with Gasteiger partial charge in [0.2, 0.25) is 0 Å². The van der Waals surface area contributed by atoms with Gasteiger partial charge in [-0.2, -0.15) is 0 Å². The lowest BCUT2D eigenvalue weighted by Crippen LogP contribution is -2.32. The van der Waals surface area contributed by atoms with Gasteiger partial charge in [0, 0.05) is 13.1 Å². The Labute approximate surface area is 137 Å². The van der Waals surface area contributed by atoms with Crippen molar-refractivity contribution in [3.63, 3.8) is 0 Å². The van der Waals surface area contributed by atoms with Crippen molar-refractivity contribution < 1.29 is 0 Å². The Balaban J connectivity index is 3.84. The van der Waals surface area contributed by atoms with Crippen molar-refractivity contribution in [2.24, 2.45) is 0 Å². The standard InChI is InChI=1S/C17H40N2P2/c1-7-18(14-16-20(5)9-3)12-11-13-19(8-2)15-17-21(6)10-4/h7-17H2,1-6H3. The van der Waals surface area contributed by atoms with Gasteiger partial charge in [0.25, 0.3) is 0 Å². The van der Waals surface area contributed by atoms with Gasteiger partial charge in [-0.15, -0.1) is 15.8 Å². The van der Waals surface area contributed by atoms with Crippen LogP contribution in [-0.2, 0) is 0 Å². The zero-order valence-corrected chi connectivity index (χ0v) is 17.4. The molecule has 0 heterocycles. The predicted molar refractivity (Wildman–Crippen MR) is 105 cm³/mol. The smallest absolute Gasteiger partial charge is 0.00205 e. The molecule has 0 saturated carbocycles. The molecular formula is C17H40N2P2. The van der Waals surface area contributed by atoms with Gasteiger partial charge in [0.15, 0.2) is 0 Å². The minimum atomic E-state index is 0.288. The summed E-state index contributed by atoms with van der Waals surface area (Å²) in [5.41, 5.74) is 0. The zero-order chi connectivity index (χ0) is 16.1. The first-order valence-electron chi connectivity index (χ1n) is 8.89. The lowest BCUT2D eigenvalue weighted by molar-refractivity contribution is 0.252. The minimum absolute atomic E-state index is 0.288. The summed E-state index contributed by atoms with van der Waals surface area (Å²) < 4.78 is 0. The van der Waals surface area contributed by atoms with Gasteiger partial charge in [-0.1, -0.05) is 27.7 Å². The van der Waals surface area contributed by atoms with Crippen LogP contribution in [0.3, 0.4) is 0 Å². The fourth-order valence-electron chi connectivity index (χ4n) is 2.31. The fraction of sp³-hybridized carbons (Fsp3) is 1.00.